The zero-order chi connectivity index (χ0) is 19.9. The molecule has 2 heterocycles. The number of halogens is 1. The normalized spacial score (nSPS) is 15.0. The standard InChI is InChI=1S/C20H25ClN4O2S/c1-26-18-13-17(19(27-2)12-16(18)21)23-20(28)25-9-5-8-24(10-11-25)14-15-6-3-4-7-22-15/h3-4,6-7,12-13H,5,8-11,14H2,1-2H3,(H,23,28). The van der Waals surface area contributed by atoms with Crippen molar-refractivity contribution in [3.05, 3.63) is 47.2 Å². The van der Waals surface area contributed by atoms with E-state index in [4.69, 9.17) is 33.3 Å². The molecule has 0 atom stereocenters. The Hall–Kier alpha value is -2.09. The molecule has 3 rings (SSSR count). The number of hydrogen-bond acceptors (Lipinski definition) is 5. The van der Waals surface area contributed by atoms with Crippen LogP contribution in [0.4, 0.5) is 5.69 Å². The molecule has 0 saturated carbocycles. The molecular formula is C20H25ClN4O2S. The number of nitrogens with one attached hydrogen (secondary N) is 1. The minimum Gasteiger partial charge on any atom is -0.495 e. The molecule has 150 valence electrons. The van der Waals surface area contributed by atoms with Gasteiger partial charge in [0.25, 0.3) is 0 Å². The van der Waals surface area contributed by atoms with Gasteiger partial charge in [-0.2, -0.15) is 0 Å². The number of anilines is 1. The number of aromatic nitrogens is 1. The summed E-state index contributed by atoms with van der Waals surface area (Å²) in [5.74, 6) is 1.20. The number of benzene rings is 1. The van der Waals surface area contributed by atoms with E-state index >= 15 is 0 Å². The molecule has 1 saturated heterocycles. The van der Waals surface area contributed by atoms with Crippen LogP contribution >= 0.6 is 23.8 Å². The van der Waals surface area contributed by atoms with Crippen molar-refractivity contribution in [3.8, 4) is 11.5 Å². The maximum atomic E-state index is 6.18. The molecule has 0 amide bonds. The number of methoxy groups -OCH3 is 2. The quantitative estimate of drug-likeness (QED) is 0.740. The van der Waals surface area contributed by atoms with Crippen molar-refractivity contribution in [1.82, 2.24) is 14.8 Å². The number of pyridine rings is 1. The van der Waals surface area contributed by atoms with E-state index < -0.39 is 0 Å². The summed E-state index contributed by atoms with van der Waals surface area (Å²) in [6.07, 6.45) is 2.88. The molecule has 0 bridgehead atoms. The topological polar surface area (TPSA) is 49.9 Å². The molecule has 0 spiro atoms. The zero-order valence-electron chi connectivity index (χ0n) is 16.2. The van der Waals surface area contributed by atoms with Gasteiger partial charge in [-0.3, -0.25) is 9.88 Å². The Labute approximate surface area is 176 Å². The summed E-state index contributed by atoms with van der Waals surface area (Å²) in [5, 5.41) is 4.45. The Morgan fingerprint density at radius 1 is 1.14 bits per heavy atom. The lowest BCUT2D eigenvalue weighted by molar-refractivity contribution is 0.275. The first-order chi connectivity index (χ1) is 13.6. The van der Waals surface area contributed by atoms with Gasteiger partial charge in [0, 0.05) is 51.1 Å². The van der Waals surface area contributed by atoms with Crippen LogP contribution in [0.2, 0.25) is 5.02 Å². The summed E-state index contributed by atoms with van der Waals surface area (Å²) in [6.45, 7) is 4.56. The van der Waals surface area contributed by atoms with Crippen LogP contribution in [0, 0.1) is 0 Å². The number of thiocarbonyl (C=S) groups is 1. The number of nitrogens with zero attached hydrogens (tertiary/aromatic N) is 3. The molecule has 0 unspecified atom stereocenters. The highest BCUT2D eigenvalue weighted by atomic mass is 35.5. The van der Waals surface area contributed by atoms with E-state index in [2.05, 4.69) is 26.2 Å². The van der Waals surface area contributed by atoms with Crippen molar-refractivity contribution in [2.24, 2.45) is 0 Å². The lowest BCUT2D eigenvalue weighted by atomic mass is 10.2. The molecule has 0 aliphatic carbocycles. The fraction of sp³-hybridized carbons (Fsp3) is 0.400. The van der Waals surface area contributed by atoms with Gasteiger partial charge in [0.15, 0.2) is 5.11 Å². The first-order valence-electron chi connectivity index (χ1n) is 9.20. The largest absolute Gasteiger partial charge is 0.495 e. The van der Waals surface area contributed by atoms with Crippen LogP contribution in [-0.2, 0) is 6.54 Å². The van der Waals surface area contributed by atoms with Crippen molar-refractivity contribution in [1.29, 1.82) is 0 Å². The summed E-state index contributed by atoms with van der Waals surface area (Å²) in [7, 11) is 3.19. The van der Waals surface area contributed by atoms with Crippen molar-refractivity contribution in [2.45, 2.75) is 13.0 Å². The van der Waals surface area contributed by atoms with Gasteiger partial charge in [-0.05, 0) is 30.8 Å². The predicted molar refractivity (Wildman–Crippen MR) is 116 cm³/mol. The molecule has 1 aromatic heterocycles. The highest BCUT2D eigenvalue weighted by Crippen LogP contribution is 2.36. The van der Waals surface area contributed by atoms with Gasteiger partial charge < -0.3 is 19.7 Å². The van der Waals surface area contributed by atoms with Gasteiger partial charge in [0.05, 0.1) is 30.6 Å². The minimum atomic E-state index is 0.496. The van der Waals surface area contributed by atoms with E-state index in [9.17, 15) is 0 Å². The van der Waals surface area contributed by atoms with Crippen LogP contribution in [0.5, 0.6) is 11.5 Å². The van der Waals surface area contributed by atoms with Crippen LogP contribution in [0.15, 0.2) is 36.5 Å². The minimum absolute atomic E-state index is 0.496. The highest BCUT2D eigenvalue weighted by Gasteiger charge is 2.19. The average Bonchev–Trinajstić information content (AvgIpc) is 2.95. The van der Waals surface area contributed by atoms with Crippen LogP contribution in [0.1, 0.15) is 12.1 Å². The molecule has 28 heavy (non-hydrogen) atoms. The maximum absolute atomic E-state index is 6.18. The smallest absolute Gasteiger partial charge is 0.173 e. The summed E-state index contributed by atoms with van der Waals surface area (Å²) in [4.78, 5) is 9.03. The molecular weight excluding hydrogens is 396 g/mol. The van der Waals surface area contributed by atoms with Gasteiger partial charge in [-0.15, -0.1) is 0 Å². The average molecular weight is 421 g/mol. The van der Waals surface area contributed by atoms with Crippen molar-refractivity contribution >= 4 is 34.6 Å². The molecule has 1 N–H and O–H groups in total. The third-order valence-corrected chi connectivity index (χ3v) is 5.36. The van der Waals surface area contributed by atoms with Crippen LogP contribution < -0.4 is 14.8 Å². The van der Waals surface area contributed by atoms with Crippen molar-refractivity contribution < 1.29 is 9.47 Å². The van der Waals surface area contributed by atoms with Gasteiger partial charge >= 0.3 is 0 Å². The van der Waals surface area contributed by atoms with Crippen molar-refractivity contribution in [3.63, 3.8) is 0 Å². The highest BCUT2D eigenvalue weighted by molar-refractivity contribution is 7.80. The third kappa shape index (κ3) is 5.25. The lowest BCUT2D eigenvalue weighted by Gasteiger charge is -2.25. The van der Waals surface area contributed by atoms with Crippen LogP contribution in [-0.4, -0.2) is 60.3 Å². The monoisotopic (exact) mass is 420 g/mol. The summed E-state index contributed by atoms with van der Waals surface area (Å²) < 4.78 is 10.7. The molecule has 1 fully saturated rings. The van der Waals surface area contributed by atoms with Crippen LogP contribution in [0.3, 0.4) is 0 Å². The van der Waals surface area contributed by atoms with Crippen molar-refractivity contribution in [2.75, 3.05) is 45.7 Å². The van der Waals surface area contributed by atoms with Gasteiger partial charge in [0.1, 0.15) is 11.5 Å². The van der Waals surface area contributed by atoms with E-state index in [1.807, 2.05) is 18.3 Å². The van der Waals surface area contributed by atoms with E-state index in [-0.39, 0.29) is 0 Å². The molecule has 1 aliphatic rings. The van der Waals surface area contributed by atoms with Gasteiger partial charge in [-0.1, -0.05) is 17.7 Å². The van der Waals surface area contributed by atoms with Gasteiger partial charge in [0.2, 0.25) is 0 Å². The Kier molecular flexibility index (Phi) is 7.30. The molecule has 0 radical (unpaired) electrons. The third-order valence-electron chi connectivity index (χ3n) is 4.70. The molecule has 1 aliphatic heterocycles. The zero-order valence-corrected chi connectivity index (χ0v) is 17.7. The number of ether oxygens (including phenoxy) is 2. The Balaban J connectivity index is 1.62. The Morgan fingerprint density at radius 2 is 1.96 bits per heavy atom. The van der Waals surface area contributed by atoms with E-state index in [1.165, 1.54) is 0 Å². The van der Waals surface area contributed by atoms with E-state index in [0.29, 0.717) is 21.6 Å². The maximum Gasteiger partial charge on any atom is 0.173 e. The van der Waals surface area contributed by atoms with Gasteiger partial charge in [-0.25, -0.2) is 0 Å². The molecule has 2 aromatic rings. The summed E-state index contributed by atoms with van der Waals surface area (Å²) >= 11 is 11.8. The summed E-state index contributed by atoms with van der Waals surface area (Å²) in [6, 6.07) is 9.56. The SMILES string of the molecule is COc1cc(NC(=S)N2CCCN(Cc3ccccn3)CC2)c(OC)cc1Cl. The molecule has 6 nitrogen and oxygen atoms in total. The molecule has 1 aromatic carbocycles. The second kappa shape index (κ2) is 9.91. The number of rotatable bonds is 5. The molecule has 8 heteroatoms. The summed E-state index contributed by atoms with van der Waals surface area (Å²) in [5.41, 5.74) is 1.83. The fourth-order valence-corrected chi connectivity index (χ4v) is 3.73. The van der Waals surface area contributed by atoms with Crippen LogP contribution in [0.25, 0.3) is 0 Å². The first kappa shape index (κ1) is 20.6. The number of hydrogen-bond donors (Lipinski definition) is 1. The fourth-order valence-electron chi connectivity index (χ4n) is 3.21. The second-order valence-electron chi connectivity index (χ2n) is 6.56. The second-order valence-corrected chi connectivity index (χ2v) is 7.35. The Bertz CT molecular complexity index is 806. The van der Waals surface area contributed by atoms with E-state index in [0.717, 1.165) is 50.5 Å². The Morgan fingerprint density at radius 3 is 2.68 bits per heavy atom. The van der Waals surface area contributed by atoms with E-state index in [1.54, 1.807) is 26.4 Å². The lowest BCUT2D eigenvalue weighted by Crippen LogP contribution is -2.37. The predicted octanol–water partition coefficient (Wildman–Crippen LogP) is 3.66. The first-order valence-corrected chi connectivity index (χ1v) is 9.99.